The second kappa shape index (κ2) is 11.8. The summed E-state index contributed by atoms with van der Waals surface area (Å²) in [4.78, 5) is 0. The third kappa shape index (κ3) is 5.97. The summed E-state index contributed by atoms with van der Waals surface area (Å²) in [6.07, 6.45) is 1.76. The number of methoxy groups -OCH3 is 3. The van der Waals surface area contributed by atoms with Crippen molar-refractivity contribution in [2.24, 2.45) is 5.10 Å². The first-order valence-corrected chi connectivity index (χ1v) is 12.1. The van der Waals surface area contributed by atoms with Gasteiger partial charge in [-0.05, 0) is 74.3 Å². The lowest BCUT2D eigenvalue weighted by molar-refractivity contribution is 0.283. The third-order valence-electron chi connectivity index (χ3n) is 5.54. The van der Waals surface area contributed by atoms with Crippen LogP contribution in [-0.2, 0) is 13.2 Å². The fourth-order valence-electron chi connectivity index (χ4n) is 3.77. The predicted octanol–water partition coefficient (Wildman–Crippen LogP) is 6.17. The van der Waals surface area contributed by atoms with Crippen LogP contribution in [-0.4, -0.2) is 27.5 Å². The molecule has 4 aromatic carbocycles. The van der Waals surface area contributed by atoms with E-state index in [-0.39, 0.29) is 0 Å². The van der Waals surface area contributed by atoms with Crippen molar-refractivity contribution in [2.45, 2.75) is 13.2 Å². The monoisotopic (exact) mass is 582 g/mol. The average molecular weight is 582 g/mol. The molecule has 0 fully saturated rings. The van der Waals surface area contributed by atoms with Gasteiger partial charge in [-0.25, -0.2) is 0 Å². The largest absolute Gasteiger partial charge is 0.493 e. The van der Waals surface area contributed by atoms with Gasteiger partial charge in [0.05, 0.1) is 37.7 Å². The van der Waals surface area contributed by atoms with Crippen LogP contribution in [0.2, 0.25) is 0 Å². The van der Waals surface area contributed by atoms with E-state index in [9.17, 15) is 0 Å². The molecule has 4 aromatic rings. The van der Waals surface area contributed by atoms with Gasteiger partial charge in [0.15, 0.2) is 23.0 Å². The van der Waals surface area contributed by atoms with E-state index in [4.69, 9.17) is 18.9 Å². The van der Waals surface area contributed by atoms with Crippen LogP contribution in [0.25, 0.3) is 10.8 Å². The zero-order chi connectivity index (χ0) is 24.6. The minimum absolute atomic E-state index is 0.452. The number of hydrazone groups is 1. The van der Waals surface area contributed by atoms with Crippen molar-refractivity contribution >= 4 is 39.6 Å². The van der Waals surface area contributed by atoms with E-state index < -0.39 is 0 Å². The molecular weight excluding hydrogens is 555 g/mol. The number of hydrogen-bond acceptors (Lipinski definition) is 6. The minimum atomic E-state index is 0.452. The summed E-state index contributed by atoms with van der Waals surface area (Å²) in [5.41, 5.74) is 6.14. The average Bonchev–Trinajstić information content (AvgIpc) is 2.90. The molecule has 4 rings (SSSR count). The summed E-state index contributed by atoms with van der Waals surface area (Å²) >= 11 is 2.27. The smallest absolute Gasteiger partial charge is 0.174 e. The number of benzene rings is 4. The highest BCUT2D eigenvalue weighted by molar-refractivity contribution is 14.1. The highest BCUT2D eigenvalue weighted by Crippen LogP contribution is 2.34. The maximum absolute atomic E-state index is 6.22. The van der Waals surface area contributed by atoms with Gasteiger partial charge in [0.1, 0.15) is 6.61 Å². The van der Waals surface area contributed by atoms with Gasteiger partial charge < -0.3 is 24.4 Å². The maximum atomic E-state index is 6.22. The van der Waals surface area contributed by atoms with E-state index in [0.29, 0.717) is 30.4 Å². The molecular formula is C28H27IN2O4. The molecule has 180 valence electrons. The summed E-state index contributed by atoms with van der Waals surface area (Å²) in [6.45, 7) is 1.01. The van der Waals surface area contributed by atoms with E-state index in [1.165, 1.54) is 10.8 Å². The zero-order valence-electron chi connectivity index (χ0n) is 19.9. The van der Waals surface area contributed by atoms with Crippen molar-refractivity contribution in [3.05, 3.63) is 93.1 Å². The predicted molar refractivity (Wildman–Crippen MR) is 148 cm³/mol. The number of nitrogens with one attached hydrogen (secondary N) is 1. The van der Waals surface area contributed by atoms with Gasteiger partial charge >= 0.3 is 0 Å². The summed E-state index contributed by atoms with van der Waals surface area (Å²) in [5.74, 6) is 2.77. The van der Waals surface area contributed by atoms with Crippen molar-refractivity contribution in [3.63, 3.8) is 0 Å². The van der Waals surface area contributed by atoms with Gasteiger partial charge in [-0.1, -0.05) is 48.5 Å². The fourth-order valence-corrected chi connectivity index (χ4v) is 4.55. The molecule has 1 N–H and O–H groups in total. The lowest BCUT2D eigenvalue weighted by Crippen LogP contribution is -2.06. The first-order valence-electron chi connectivity index (χ1n) is 11.1. The number of ether oxygens (including phenoxy) is 4. The highest BCUT2D eigenvalue weighted by Gasteiger charge is 2.12. The number of nitrogens with zero attached hydrogens (tertiary/aromatic N) is 1. The molecule has 35 heavy (non-hydrogen) atoms. The Morgan fingerprint density at radius 2 is 1.60 bits per heavy atom. The lowest BCUT2D eigenvalue weighted by atomic mass is 10.1. The number of rotatable bonds is 10. The highest BCUT2D eigenvalue weighted by atomic mass is 127. The molecule has 0 aromatic heterocycles. The Labute approximate surface area is 219 Å². The summed E-state index contributed by atoms with van der Waals surface area (Å²) in [6, 6.07) is 24.3. The minimum Gasteiger partial charge on any atom is -0.493 e. The Bertz CT molecular complexity index is 1330. The second-order valence-electron chi connectivity index (χ2n) is 7.74. The summed E-state index contributed by atoms with van der Waals surface area (Å²) in [5, 5.41) is 6.75. The Hall–Kier alpha value is -3.46. The van der Waals surface area contributed by atoms with E-state index >= 15 is 0 Å². The molecule has 0 aliphatic heterocycles. The molecule has 0 aliphatic rings. The van der Waals surface area contributed by atoms with E-state index in [2.05, 4.69) is 63.4 Å². The Morgan fingerprint density at radius 3 is 2.40 bits per heavy atom. The first kappa shape index (κ1) is 24.7. The molecule has 0 amide bonds. The van der Waals surface area contributed by atoms with Gasteiger partial charge in [-0.3, -0.25) is 0 Å². The molecule has 0 atom stereocenters. The molecule has 0 aliphatic carbocycles. The van der Waals surface area contributed by atoms with E-state index in [0.717, 1.165) is 26.0 Å². The molecule has 7 heteroatoms. The van der Waals surface area contributed by atoms with Crippen LogP contribution in [0.3, 0.4) is 0 Å². The normalized spacial score (nSPS) is 11.0. The lowest BCUT2D eigenvalue weighted by Gasteiger charge is -2.14. The van der Waals surface area contributed by atoms with Crippen LogP contribution in [0.1, 0.15) is 16.7 Å². The quantitative estimate of drug-likeness (QED) is 0.138. The van der Waals surface area contributed by atoms with E-state index in [1.807, 2.05) is 42.5 Å². The standard InChI is InChI=1S/C28H27IN2O4/c1-32-25-12-11-19(14-26(25)33-2)16-30-31-17-20-13-24(29)28(27(15-20)34-3)35-18-22-9-6-8-21-7-4-5-10-23(21)22/h4-15,17,30H,16,18H2,1-3H3/b31-17-. The van der Waals surface area contributed by atoms with Crippen LogP contribution >= 0.6 is 22.6 Å². The molecule has 0 heterocycles. The topological polar surface area (TPSA) is 61.3 Å². The van der Waals surface area contributed by atoms with Crippen LogP contribution < -0.4 is 24.4 Å². The van der Waals surface area contributed by atoms with Crippen LogP contribution in [0, 0.1) is 3.57 Å². The SMILES string of the molecule is COc1ccc(CN/N=C\c2cc(I)c(OCc3cccc4ccccc34)c(OC)c2)cc1OC. The van der Waals surface area contributed by atoms with Crippen molar-refractivity contribution in [1.82, 2.24) is 5.43 Å². The van der Waals surface area contributed by atoms with Gasteiger partial charge in [-0.15, -0.1) is 0 Å². The maximum Gasteiger partial charge on any atom is 0.174 e. The Balaban J connectivity index is 1.43. The Morgan fingerprint density at radius 1 is 0.829 bits per heavy atom. The van der Waals surface area contributed by atoms with Crippen molar-refractivity contribution in [3.8, 4) is 23.0 Å². The molecule has 0 unspecified atom stereocenters. The summed E-state index contributed by atoms with van der Waals surface area (Å²) in [7, 11) is 4.89. The second-order valence-corrected chi connectivity index (χ2v) is 8.91. The van der Waals surface area contributed by atoms with Gasteiger partial charge in [0, 0.05) is 0 Å². The van der Waals surface area contributed by atoms with Crippen LogP contribution in [0.4, 0.5) is 0 Å². The third-order valence-corrected chi connectivity index (χ3v) is 6.34. The molecule has 0 saturated heterocycles. The van der Waals surface area contributed by atoms with Crippen molar-refractivity contribution in [2.75, 3.05) is 21.3 Å². The molecule has 6 nitrogen and oxygen atoms in total. The van der Waals surface area contributed by atoms with Crippen molar-refractivity contribution in [1.29, 1.82) is 0 Å². The first-order chi connectivity index (χ1) is 17.1. The fraction of sp³-hybridized carbons (Fsp3) is 0.179. The number of hydrogen-bond donors (Lipinski definition) is 1. The summed E-state index contributed by atoms with van der Waals surface area (Å²) < 4.78 is 23.4. The van der Waals surface area contributed by atoms with Crippen molar-refractivity contribution < 1.29 is 18.9 Å². The van der Waals surface area contributed by atoms with Crippen LogP contribution in [0.5, 0.6) is 23.0 Å². The van der Waals surface area contributed by atoms with Gasteiger partial charge in [0.25, 0.3) is 0 Å². The Kier molecular flexibility index (Phi) is 8.31. The van der Waals surface area contributed by atoms with Crippen LogP contribution in [0.15, 0.2) is 77.9 Å². The zero-order valence-corrected chi connectivity index (χ0v) is 22.0. The number of halogens is 1. The van der Waals surface area contributed by atoms with Gasteiger partial charge in [0.2, 0.25) is 0 Å². The molecule has 0 saturated carbocycles. The molecule has 0 spiro atoms. The van der Waals surface area contributed by atoms with Gasteiger partial charge in [-0.2, -0.15) is 5.10 Å². The molecule has 0 radical (unpaired) electrons. The molecule has 0 bridgehead atoms. The number of fused-ring (bicyclic) bond motifs is 1. The van der Waals surface area contributed by atoms with E-state index in [1.54, 1.807) is 27.5 Å².